The largest absolute Gasteiger partial charge is 0.493 e. The van der Waals surface area contributed by atoms with Gasteiger partial charge in [-0.05, 0) is 17.7 Å². The van der Waals surface area contributed by atoms with E-state index in [1.807, 2.05) is 12.1 Å². The van der Waals surface area contributed by atoms with Gasteiger partial charge in [0.15, 0.2) is 11.5 Å². The van der Waals surface area contributed by atoms with Crippen LogP contribution in [0.25, 0.3) is 0 Å². The highest BCUT2D eigenvalue weighted by Crippen LogP contribution is 2.30. The van der Waals surface area contributed by atoms with Crippen molar-refractivity contribution in [1.82, 2.24) is 5.32 Å². The van der Waals surface area contributed by atoms with E-state index in [1.165, 1.54) is 0 Å². The number of methoxy groups -OCH3 is 2. The first-order valence-corrected chi connectivity index (χ1v) is 4.90. The number of nitrogens with one attached hydrogen (secondary N) is 1. The molecule has 1 saturated heterocycles. The van der Waals surface area contributed by atoms with Gasteiger partial charge in [-0.2, -0.15) is 0 Å². The summed E-state index contributed by atoms with van der Waals surface area (Å²) < 4.78 is 15.1. The number of rotatable bonds is 3. The third-order valence-electron chi connectivity index (χ3n) is 2.48. The zero-order valence-corrected chi connectivity index (χ0v) is 9.15. The van der Waals surface area contributed by atoms with E-state index >= 15 is 0 Å². The molecule has 0 spiro atoms. The van der Waals surface area contributed by atoms with E-state index in [4.69, 9.17) is 14.2 Å². The lowest BCUT2D eigenvalue weighted by Crippen LogP contribution is -2.18. The molecule has 86 valence electrons. The molecule has 1 unspecified atom stereocenters. The van der Waals surface area contributed by atoms with Crippen molar-refractivity contribution in [3.05, 3.63) is 23.8 Å². The molecular formula is C11H13NO4. The third-order valence-corrected chi connectivity index (χ3v) is 2.48. The molecule has 2 rings (SSSR count). The van der Waals surface area contributed by atoms with Crippen LogP contribution in [-0.4, -0.2) is 26.9 Å². The minimum atomic E-state index is -0.389. The SMILES string of the molecule is COc1ccc(C2COC(=O)N2)cc1OC. The van der Waals surface area contributed by atoms with Gasteiger partial charge in [0.2, 0.25) is 0 Å². The fourth-order valence-corrected chi connectivity index (χ4v) is 1.63. The summed E-state index contributed by atoms with van der Waals surface area (Å²) in [5.74, 6) is 1.30. The number of benzene rings is 1. The Morgan fingerprint density at radius 3 is 2.62 bits per heavy atom. The molecule has 1 heterocycles. The van der Waals surface area contributed by atoms with Crippen LogP contribution in [0.4, 0.5) is 4.79 Å². The molecule has 5 heteroatoms. The summed E-state index contributed by atoms with van der Waals surface area (Å²) in [7, 11) is 3.16. The molecule has 1 N–H and O–H groups in total. The fraction of sp³-hybridized carbons (Fsp3) is 0.364. The molecule has 1 atom stereocenters. The summed E-state index contributed by atoms with van der Waals surface area (Å²) in [6.07, 6.45) is -0.389. The molecule has 0 aliphatic carbocycles. The average molecular weight is 223 g/mol. The highest BCUT2D eigenvalue weighted by molar-refractivity contribution is 5.70. The maximum absolute atomic E-state index is 10.9. The van der Waals surface area contributed by atoms with Gasteiger partial charge in [0.05, 0.1) is 20.3 Å². The Balaban J connectivity index is 2.25. The smallest absolute Gasteiger partial charge is 0.407 e. The monoisotopic (exact) mass is 223 g/mol. The summed E-state index contributed by atoms with van der Waals surface area (Å²) >= 11 is 0. The van der Waals surface area contributed by atoms with Gasteiger partial charge >= 0.3 is 6.09 Å². The van der Waals surface area contributed by atoms with Crippen molar-refractivity contribution in [3.63, 3.8) is 0 Å². The summed E-state index contributed by atoms with van der Waals surface area (Å²) in [5, 5.41) is 2.70. The Kier molecular flexibility index (Phi) is 2.85. The molecular weight excluding hydrogens is 210 g/mol. The topological polar surface area (TPSA) is 56.8 Å². The van der Waals surface area contributed by atoms with E-state index in [2.05, 4.69) is 5.32 Å². The molecule has 1 aromatic carbocycles. The minimum Gasteiger partial charge on any atom is -0.493 e. The van der Waals surface area contributed by atoms with Gasteiger partial charge in [-0.15, -0.1) is 0 Å². The molecule has 16 heavy (non-hydrogen) atoms. The number of carbonyl (C=O) groups is 1. The maximum atomic E-state index is 10.9. The van der Waals surface area contributed by atoms with Gasteiger partial charge in [-0.25, -0.2) is 4.79 Å². The molecule has 1 aromatic rings. The molecule has 1 amide bonds. The Morgan fingerprint density at radius 1 is 1.31 bits per heavy atom. The Hall–Kier alpha value is -1.91. The van der Waals surface area contributed by atoms with Crippen molar-refractivity contribution < 1.29 is 19.0 Å². The zero-order valence-electron chi connectivity index (χ0n) is 9.15. The second-order valence-corrected chi connectivity index (χ2v) is 3.41. The highest BCUT2D eigenvalue weighted by atomic mass is 16.6. The second-order valence-electron chi connectivity index (χ2n) is 3.41. The number of hydrogen-bond acceptors (Lipinski definition) is 4. The zero-order chi connectivity index (χ0) is 11.5. The van der Waals surface area contributed by atoms with Gasteiger partial charge in [-0.3, -0.25) is 0 Å². The van der Waals surface area contributed by atoms with E-state index < -0.39 is 0 Å². The quantitative estimate of drug-likeness (QED) is 0.843. The molecule has 5 nitrogen and oxygen atoms in total. The van der Waals surface area contributed by atoms with Crippen LogP contribution in [0, 0.1) is 0 Å². The molecule has 1 aliphatic heterocycles. The van der Waals surface area contributed by atoms with Crippen LogP contribution in [-0.2, 0) is 4.74 Å². The van der Waals surface area contributed by atoms with Gasteiger partial charge in [0, 0.05) is 0 Å². The third kappa shape index (κ3) is 1.88. The number of carbonyl (C=O) groups excluding carboxylic acids is 1. The Morgan fingerprint density at radius 2 is 2.06 bits per heavy atom. The number of ether oxygens (including phenoxy) is 3. The highest BCUT2D eigenvalue weighted by Gasteiger charge is 2.24. The maximum Gasteiger partial charge on any atom is 0.407 e. The van der Waals surface area contributed by atoms with Crippen molar-refractivity contribution in [3.8, 4) is 11.5 Å². The molecule has 0 bridgehead atoms. The van der Waals surface area contributed by atoms with Crippen LogP contribution in [0.15, 0.2) is 18.2 Å². The second kappa shape index (κ2) is 4.30. The predicted octanol–water partition coefficient (Wildman–Crippen LogP) is 1.48. The van der Waals surface area contributed by atoms with Gasteiger partial charge in [-0.1, -0.05) is 6.07 Å². The Labute approximate surface area is 93.3 Å². The number of cyclic esters (lactones) is 1. The van der Waals surface area contributed by atoms with Gasteiger partial charge in [0.1, 0.15) is 6.61 Å². The summed E-state index contributed by atoms with van der Waals surface area (Å²) in [5.41, 5.74) is 0.934. The van der Waals surface area contributed by atoms with E-state index in [1.54, 1.807) is 20.3 Å². The number of amides is 1. The minimum absolute atomic E-state index is 0.118. The van der Waals surface area contributed by atoms with Crippen LogP contribution >= 0.6 is 0 Å². The lowest BCUT2D eigenvalue weighted by Gasteiger charge is -2.12. The van der Waals surface area contributed by atoms with Crippen LogP contribution in [0.2, 0.25) is 0 Å². The average Bonchev–Trinajstić information content (AvgIpc) is 2.75. The van der Waals surface area contributed by atoms with Crippen molar-refractivity contribution in [2.75, 3.05) is 20.8 Å². The van der Waals surface area contributed by atoms with Crippen LogP contribution < -0.4 is 14.8 Å². The van der Waals surface area contributed by atoms with Crippen LogP contribution in [0.1, 0.15) is 11.6 Å². The molecule has 1 fully saturated rings. The number of alkyl carbamates (subject to hydrolysis) is 1. The summed E-state index contributed by atoms with van der Waals surface area (Å²) in [6.45, 7) is 0.342. The summed E-state index contributed by atoms with van der Waals surface area (Å²) in [6, 6.07) is 5.39. The van der Waals surface area contributed by atoms with E-state index in [-0.39, 0.29) is 12.1 Å². The number of hydrogen-bond donors (Lipinski definition) is 1. The van der Waals surface area contributed by atoms with E-state index in [9.17, 15) is 4.79 Å². The first-order valence-electron chi connectivity index (χ1n) is 4.90. The lowest BCUT2D eigenvalue weighted by atomic mass is 10.1. The molecule has 0 radical (unpaired) electrons. The van der Waals surface area contributed by atoms with Crippen molar-refractivity contribution in [1.29, 1.82) is 0 Å². The van der Waals surface area contributed by atoms with Crippen molar-refractivity contribution >= 4 is 6.09 Å². The van der Waals surface area contributed by atoms with E-state index in [0.717, 1.165) is 5.56 Å². The van der Waals surface area contributed by atoms with Crippen LogP contribution in [0.3, 0.4) is 0 Å². The molecule has 0 aromatic heterocycles. The fourth-order valence-electron chi connectivity index (χ4n) is 1.63. The summed E-state index contributed by atoms with van der Waals surface area (Å²) in [4.78, 5) is 10.9. The first kappa shape index (κ1) is 10.6. The molecule has 0 saturated carbocycles. The van der Waals surface area contributed by atoms with Crippen molar-refractivity contribution in [2.24, 2.45) is 0 Å². The standard InChI is InChI=1S/C11H13NO4/c1-14-9-4-3-7(5-10(9)15-2)8-6-16-11(13)12-8/h3-5,8H,6H2,1-2H3,(H,12,13). The first-order chi connectivity index (χ1) is 7.74. The Bertz CT molecular complexity index is 405. The predicted molar refractivity (Wildman–Crippen MR) is 56.8 cm³/mol. The normalized spacial score (nSPS) is 18.9. The lowest BCUT2D eigenvalue weighted by molar-refractivity contribution is 0.177. The van der Waals surface area contributed by atoms with E-state index in [0.29, 0.717) is 18.1 Å². The molecule has 1 aliphatic rings. The van der Waals surface area contributed by atoms with Gasteiger partial charge < -0.3 is 19.5 Å². The van der Waals surface area contributed by atoms with Gasteiger partial charge in [0.25, 0.3) is 0 Å². The van der Waals surface area contributed by atoms with Crippen LogP contribution in [0.5, 0.6) is 11.5 Å². The van der Waals surface area contributed by atoms with Crippen molar-refractivity contribution in [2.45, 2.75) is 6.04 Å².